The molecule has 2 N–H and O–H groups in total. The molecule has 5 heteroatoms. The highest BCUT2D eigenvalue weighted by atomic mass is 16.2. The number of aromatic nitrogens is 2. The molecule has 1 aromatic heterocycles. The Bertz CT molecular complexity index is 616. The standard InChI is InChI=1S/C16H22N4O/c1-11-5-7-14(8-6-11)9-17-16(21)18-12(2)15-10-20(4)19-13(15)3/h5-8,10,12H,9H2,1-4H3,(H2,17,18,21). The minimum atomic E-state index is -0.175. The van der Waals surface area contributed by atoms with Crippen molar-refractivity contribution in [1.82, 2.24) is 20.4 Å². The molecule has 0 aliphatic heterocycles. The maximum atomic E-state index is 11.9. The molecule has 0 spiro atoms. The van der Waals surface area contributed by atoms with Crippen LogP contribution in [-0.4, -0.2) is 15.8 Å². The summed E-state index contributed by atoms with van der Waals surface area (Å²) in [6.45, 7) is 6.46. The molecule has 2 amide bonds. The van der Waals surface area contributed by atoms with E-state index in [9.17, 15) is 4.79 Å². The number of carbonyl (C=O) groups is 1. The summed E-state index contributed by atoms with van der Waals surface area (Å²) in [4.78, 5) is 11.9. The van der Waals surface area contributed by atoms with E-state index in [0.717, 1.165) is 16.8 Å². The average Bonchev–Trinajstić information content (AvgIpc) is 2.77. The van der Waals surface area contributed by atoms with Gasteiger partial charge in [0, 0.05) is 25.4 Å². The number of amides is 2. The third-order valence-corrected chi connectivity index (χ3v) is 3.44. The predicted molar refractivity (Wildman–Crippen MR) is 82.9 cm³/mol. The fourth-order valence-corrected chi connectivity index (χ4v) is 2.26. The first-order chi connectivity index (χ1) is 9.95. The van der Waals surface area contributed by atoms with Crippen LogP contribution < -0.4 is 10.6 Å². The van der Waals surface area contributed by atoms with E-state index in [1.54, 1.807) is 4.68 Å². The number of benzene rings is 1. The summed E-state index contributed by atoms with van der Waals surface area (Å²) in [7, 11) is 1.88. The van der Waals surface area contributed by atoms with E-state index in [4.69, 9.17) is 0 Å². The number of rotatable bonds is 4. The number of hydrogen-bond donors (Lipinski definition) is 2. The molecular weight excluding hydrogens is 264 g/mol. The topological polar surface area (TPSA) is 59.0 Å². The van der Waals surface area contributed by atoms with E-state index in [1.807, 2.05) is 58.3 Å². The molecule has 0 radical (unpaired) electrons. The molecule has 1 aromatic carbocycles. The number of urea groups is 1. The average molecular weight is 286 g/mol. The second-order valence-electron chi connectivity index (χ2n) is 5.38. The van der Waals surface area contributed by atoms with Crippen LogP contribution in [0.15, 0.2) is 30.5 Å². The molecule has 5 nitrogen and oxygen atoms in total. The van der Waals surface area contributed by atoms with Crippen LogP contribution in [0.5, 0.6) is 0 Å². The molecule has 2 rings (SSSR count). The maximum absolute atomic E-state index is 11.9. The van der Waals surface area contributed by atoms with Gasteiger partial charge in [0.25, 0.3) is 0 Å². The molecule has 0 saturated heterocycles. The van der Waals surface area contributed by atoms with Crippen molar-refractivity contribution in [3.05, 3.63) is 52.8 Å². The van der Waals surface area contributed by atoms with Crippen molar-refractivity contribution in [2.75, 3.05) is 0 Å². The van der Waals surface area contributed by atoms with Gasteiger partial charge in [0.15, 0.2) is 0 Å². The summed E-state index contributed by atoms with van der Waals surface area (Å²) in [6.07, 6.45) is 1.93. The molecule has 0 fully saturated rings. The second kappa shape index (κ2) is 6.43. The summed E-state index contributed by atoms with van der Waals surface area (Å²) < 4.78 is 1.76. The Hall–Kier alpha value is -2.30. The number of nitrogens with one attached hydrogen (secondary N) is 2. The van der Waals surface area contributed by atoms with Gasteiger partial charge in [-0.2, -0.15) is 5.10 Å². The fraction of sp³-hybridized carbons (Fsp3) is 0.375. The molecule has 0 aliphatic rings. The van der Waals surface area contributed by atoms with Crippen molar-refractivity contribution in [3.63, 3.8) is 0 Å². The van der Waals surface area contributed by atoms with Gasteiger partial charge in [-0.3, -0.25) is 4.68 Å². The second-order valence-corrected chi connectivity index (χ2v) is 5.38. The van der Waals surface area contributed by atoms with Crippen LogP contribution in [0.3, 0.4) is 0 Å². The molecule has 0 aliphatic carbocycles. The van der Waals surface area contributed by atoms with Crippen molar-refractivity contribution in [2.24, 2.45) is 7.05 Å². The highest BCUT2D eigenvalue weighted by molar-refractivity contribution is 5.74. The van der Waals surface area contributed by atoms with Gasteiger partial charge in [0.2, 0.25) is 0 Å². The number of nitrogens with zero attached hydrogens (tertiary/aromatic N) is 2. The van der Waals surface area contributed by atoms with Gasteiger partial charge in [-0.1, -0.05) is 29.8 Å². The third kappa shape index (κ3) is 4.08. The minimum Gasteiger partial charge on any atom is -0.334 e. The van der Waals surface area contributed by atoms with Crippen LogP contribution in [0.2, 0.25) is 0 Å². The van der Waals surface area contributed by atoms with Crippen LogP contribution in [0, 0.1) is 13.8 Å². The van der Waals surface area contributed by atoms with Gasteiger partial charge in [-0.15, -0.1) is 0 Å². The number of hydrogen-bond acceptors (Lipinski definition) is 2. The van der Waals surface area contributed by atoms with Crippen LogP contribution in [0.1, 0.15) is 35.3 Å². The van der Waals surface area contributed by atoms with E-state index in [2.05, 4.69) is 15.7 Å². The van der Waals surface area contributed by atoms with Crippen molar-refractivity contribution >= 4 is 6.03 Å². The molecule has 112 valence electrons. The van der Waals surface area contributed by atoms with Gasteiger partial charge in [0.1, 0.15) is 0 Å². The highest BCUT2D eigenvalue weighted by Gasteiger charge is 2.13. The zero-order valence-corrected chi connectivity index (χ0v) is 13.0. The summed E-state index contributed by atoms with van der Waals surface area (Å²) in [6, 6.07) is 7.87. The summed E-state index contributed by atoms with van der Waals surface area (Å²) >= 11 is 0. The summed E-state index contributed by atoms with van der Waals surface area (Å²) in [5.74, 6) is 0. The summed E-state index contributed by atoms with van der Waals surface area (Å²) in [5.41, 5.74) is 4.26. The quantitative estimate of drug-likeness (QED) is 0.907. The smallest absolute Gasteiger partial charge is 0.315 e. The van der Waals surface area contributed by atoms with E-state index in [-0.39, 0.29) is 12.1 Å². The largest absolute Gasteiger partial charge is 0.334 e. The van der Waals surface area contributed by atoms with Gasteiger partial charge < -0.3 is 10.6 Å². The number of carbonyl (C=O) groups excluding carboxylic acids is 1. The van der Waals surface area contributed by atoms with Crippen LogP contribution in [0.4, 0.5) is 4.79 Å². The molecule has 0 saturated carbocycles. The first-order valence-corrected chi connectivity index (χ1v) is 7.05. The molecule has 0 bridgehead atoms. The maximum Gasteiger partial charge on any atom is 0.315 e. The summed E-state index contributed by atoms with van der Waals surface area (Å²) in [5, 5.41) is 10.1. The van der Waals surface area contributed by atoms with Crippen molar-refractivity contribution < 1.29 is 4.79 Å². The highest BCUT2D eigenvalue weighted by Crippen LogP contribution is 2.15. The van der Waals surface area contributed by atoms with E-state index < -0.39 is 0 Å². The van der Waals surface area contributed by atoms with E-state index >= 15 is 0 Å². The molecular formula is C16H22N4O. The molecule has 21 heavy (non-hydrogen) atoms. The lowest BCUT2D eigenvalue weighted by Gasteiger charge is -2.14. The number of aryl methyl sites for hydroxylation is 3. The molecule has 1 atom stereocenters. The van der Waals surface area contributed by atoms with E-state index in [0.29, 0.717) is 6.54 Å². The molecule has 2 aromatic rings. The minimum absolute atomic E-state index is 0.0725. The van der Waals surface area contributed by atoms with Gasteiger partial charge in [0.05, 0.1) is 11.7 Å². The lowest BCUT2D eigenvalue weighted by molar-refractivity contribution is 0.237. The zero-order valence-electron chi connectivity index (χ0n) is 13.0. The molecule has 1 heterocycles. The van der Waals surface area contributed by atoms with Crippen molar-refractivity contribution in [1.29, 1.82) is 0 Å². The lowest BCUT2D eigenvalue weighted by atomic mass is 10.1. The van der Waals surface area contributed by atoms with Gasteiger partial charge >= 0.3 is 6.03 Å². The molecule has 1 unspecified atom stereocenters. The SMILES string of the molecule is Cc1ccc(CNC(=O)NC(C)c2cn(C)nc2C)cc1. The van der Waals surface area contributed by atoms with Crippen molar-refractivity contribution in [3.8, 4) is 0 Å². The first-order valence-electron chi connectivity index (χ1n) is 7.05. The van der Waals surface area contributed by atoms with Crippen LogP contribution in [-0.2, 0) is 13.6 Å². The Kier molecular flexibility index (Phi) is 4.62. The Balaban J connectivity index is 1.87. The fourth-order valence-electron chi connectivity index (χ4n) is 2.26. The third-order valence-electron chi connectivity index (χ3n) is 3.44. The van der Waals surface area contributed by atoms with Gasteiger partial charge in [-0.25, -0.2) is 4.79 Å². The van der Waals surface area contributed by atoms with E-state index in [1.165, 1.54) is 5.56 Å². The lowest BCUT2D eigenvalue weighted by Crippen LogP contribution is -2.36. The Morgan fingerprint density at radius 1 is 1.29 bits per heavy atom. The van der Waals surface area contributed by atoms with Crippen molar-refractivity contribution in [2.45, 2.75) is 33.4 Å². The Labute approximate surface area is 125 Å². The van der Waals surface area contributed by atoms with Crippen LogP contribution >= 0.6 is 0 Å². The zero-order chi connectivity index (χ0) is 15.4. The normalized spacial score (nSPS) is 12.0. The van der Waals surface area contributed by atoms with Gasteiger partial charge in [-0.05, 0) is 26.3 Å². The predicted octanol–water partition coefficient (Wildman–Crippen LogP) is 2.60. The van der Waals surface area contributed by atoms with Crippen LogP contribution in [0.25, 0.3) is 0 Å². The Morgan fingerprint density at radius 3 is 2.52 bits per heavy atom. The monoisotopic (exact) mass is 286 g/mol. The Morgan fingerprint density at radius 2 is 1.95 bits per heavy atom. The first kappa shape index (κ1) is 15.1.